The monoisotopic (exact) mass is 220 g/mol. The van der Waals surface area contributed by atoms with E-state index in [4.69, 9.17) is 17.8 Å². The summed E-state index contributed by atoms with van der Waals surface area (Å²) >= 11 is -0.466. The quantitative estimate of drug-likeness (QED) is 0.328. The van der Waals surface area contributed by atoms with E-state index >= 15 is 0 Å². The molecule has 0 atom stereocenters. The van der Waals surface area contributed by atoms with Gasteiger partial charge >= 0.3 is 36.8 Å². The van der Waals surface area contributed by atoms with Crippen LogP contribution in [-0.2, 0) is 0 Å². The second kappa shape index (κ2) is 9.00. The normalized spacial score (nSPS) is 5.50. The molecule has 0 unspecified atom stereocenters. The zero-order chi connectivity index (χ0) is 2.71. The number of halogens is 3. The van der Waals surface area contributed by atoms with Crippen LogP contribution in [0.15, 0.2) is 0 Å². The third-order valence-corrected chi connectivity index (χ3v) is 0. The SMILES string of the molecule is Cl[I-]Cl.[Na]. The Morgan fingerprint density at radius 2 is 1.25 bits per heavy atom. The van der Waals surface area contributed by atoms with Gasteiger partial charge in [-0.25, -0.2) is 0 Å². The summed E-state index contributed by atoms with van der Waals surface area (Å²) in [5.41, 5.74) is 0. The van der Waals surface area contributed by atoms with Crippen LogP contribution in [0.5, 0.6) is 0 Å². The Hall–Kier alpha value is 2.31. The molecule has 0 fully saturated rings. The summed E-state index contributed by atoms with van der Waals surface area (Å²) in [7, 11) is 9.75. The molecule has 0 spiro atoms. The van der Waals surface area contributed by atoms with Crippen LogP contribution in [0.1, 0.15) is 0 Å². The van der Waals surface area contributed by atoms with Crippen LogP contribution in [0.25, 0.3) is 0 Å². The van der Waals surface area contributed by atoms with Crippen molar-refractivity contribution in [3.63, 3.8) is 0 Å². The topological polar surface area (TPSA) is 0 Å². The molecule has 0 nitrogen and oxygen atoms in total. The van der Waals surface area contributed by atoms with Gasteiger partial charge < -0.3 is 0 Å². The molecule has 23 valence electrons. The van der Waals surface area contributed by atoms with Gasteiger partial charge in [0.05, 0.1) is 0 Å². The van der Waals surface area contributed by atoms with Crippen molar-refractivity contribution in [1.29, 1.82) is 0 Å². The predicted octanol–water partition coefficient (Wildman–Crippen LogP) is -2.00. The molecule has 4 heteroatoms. The first kappa shape index (κ1) is 9.58. The maximum Gasteiger partial charge on any atom is 0 e. The Bertz CT molecular complexity index is 6.00. The number of rotatable bonds is 0. The molecule has 0 amide bonds. The molecule has 0 aliphatic rings. The third kappa shape index (κ3) is 8.85. The molecule has 0 heterocycles. The van der Waals surface area contributed by atoms with E-state index < -0.39 is 18.9 Å². The molecule has 0 aromatic rings. The number of hydrogen-bond donors (Lipinski definition) is 0. The molecule has 0 aliphatic carbocycles. The summed E-state index contributed by atoms with van der Waals surface area (Å²) in [6, 6.07) is 0. The van der Waals surface area contributed by atoms with E-state index in [0.29, 0.717) is 0 Å². The Morgan fingerprint density at radius 1 is 1.25 bits per heavy atom. The largest absolute Gasteiger partial charge is 0 e. The minimum Gasteiger partial charge on any atom is 0 e. The molecule has 4 heavy (non-hydrogen) atoms. The van der Waals surface area contributed by atoms with E-state index in [1.165, 1.54) is 0 Å². The average Bonchev–Trinajstić information content (AvgIpc) is 0.918. The van der Waals surface area contributed by atoms with Crippen LogP contribution >= 0.6 is 17.8 Å². The van der Waals surface area contributed by atoms with Crippen LogP contribution in [0, 0.1) is 0 Å². The molecule has 0 N–H and O–H groups in total. The fourth-order valence-electron chi connectivity index (χ4n) is 0. The number of hydrogen-bond acceptors (Lipinski definition) is 0. The van der Waals surface area contributed by atoms with Gasteiger partial charge in [-0.05, 0) is 0 Å². The fourth-order valence-corrected chi connectivity index (χ4v) is 0. The average molecular weight is 221 g/mol. The molecule has 0 saturated heterocycles. The van der Waals surface area contributed by atoms with E-state index in [-0.39, 0.29) is 29.6 Å². The maximum absolute atomic E-state index is 4.87. The maximum atomic E-state index is 4.87. The zero-order valence-corrected chi connectivity index (χ0v) is 7.80. The van der Waals surface area contributed by atoms with Gasteiger partial charge in [-0.1, -0.05) is 0 Å². The summed E-state index contributed by atoms with van der Waals surface area (Å²) in [6.45, 7) is 0. The molecule has 0 rings (SSSR count). The van der Waals surface area contributed by atoms with E-state index in [1.807, 2.05) is 0 Å². The van der Waals surface area contributed by atoms with Gasteiger partial charge in [-0.15, -0.1) is 0 Å². The van der Waals surface area contributed by atoms with Crippen molar-refractivity contribution >= 4 is 47.4 Å². The summed E-state index contributed by atoms with van der Waals surface area (Å²) in [5, 5.41) is 0. The van der Waals surface area contributed by atoms with Crippen LogP contribution in [-0.4, -0.2) is 29.6 Å². The van der Waals surface area contributed by atoms with Crippen LogP contribution in [0.2, 0.25) is 0 Å². The molecule has 1 radical (unpaired) electrons. The molecular formula is Cl2INa-. The van der Waals surface area contributed by atoms with E-state index in [9.17, 15) is 0 Å². The Kier molecular flexibility index (Phi) is 21.6. The minimum atomic E-state index is -0.466. The zero-order valence-electron chi connectivity index (χ0n) is 2.13. The van der Waals surface area contributed by atoms with Crippen molar-refractivity contribution in [3.8, 4) is 0 Å². The van der Waals surface area contributed by atoms with Crippen molar-refractivity contribution in [3.05, 3.63) is 0 Å². The van der Waals surface area contributed by atoms with Gasteiger partial charge in [0, 0.05) is 29.6 Å². The van der Waals surface area contributed by atoms with Crippen molar-refractivity contribution in [2.45, 2.75) is 0 Å². The van der Waals surface area contributed by atoms with Crippen molar-refractivity contribution < 1.29 is 18.9 Å². The first-order valence-electron chi connectivity index (χ1n) is 0.286. The summed E-state index contributed by atoms with van der Waals surface area (Å²) in [4.78, 5) is 0. The first-order valence-corrected chi connectivity index (χ1v) is 5.75. The van der Waals surface area contributed by atoms with Crippen LogP contribution in [0.4, 0.5) is 0 Å². The van der Waals surface area contributed by atoms with E-state index in [0.717, 1.165) is 0 Å². The van der Waals surface area contributed by atoms with Gasteiger partial charge in [0.1, 0.15) is 0 Å². The predicted molar refractivity (Wildman–Crippen MR) is 17.5 cm³/mol. The van der Waals surface area contributed by atoms with Crippen LogP contribution < -0.4 is 18.9 Å². The molecule has 0 aromatic carbocycles. The van der Waals surface area contributed by atoms with E-state index in [1.54, 1.807) is 0 Å². The first-order chi connectivity index (χ1) is 1.41. The third-order valence-electron chi connectivity index (χ3n) is 0. The van der Waals surface area contributed by atoms with Crippen molar-refractivity contribution in [1.82, 2.24) is 0 Å². The van der Waals surface area contributed by atoms with Crippen molar-refractivity contribution in [2.24, 2.45) is 0 Å². The Labute approximate surface area is 65.2 Å². The molecular weight excluding hydrogens is 221 g/mol. The van der Waals surface area contributed by atoms with Crippen molar-refractivity contribution in [2.75, 3.05) is 0 Å². The smallest absolute Gasteiger partial charge is 0 e. The van der Waals surface area contributed by atoms with Gasteiger partial charge in [0.25, 0.3) is 0 Å². The van der Waals surface area contributed by atoms with Gasteiger partial charge in [-0.3, -0.25) is 0 Å². The molecule has 0 aliphatic heterocycles. The van der Waals surface area contributed by atoms with Gasteiger partial charge in [0.15, 0.2) is 0 Å². The van der Waals surface area contributed by atoms with E-state index in [2.05, 4.69) is 0 Å². The standard InChI is InChI=1S/Cl2I.Na/c1-3-2;/q-1;. The Balaban J connectivity index is 0. The fraction of sp³-hybridized carbons (Fsp3) is 0. The van der Waals surface area contributed by atoms with Gasteiger partial charge in [-0.2, -0.15) is 0 Å². The molecule has 0 bridgehead atoms. The summed E-state index contributed by atoms with van der Waals surface area (Å²) in [5.74, 6) is 0. The molecule has 0 saturated carbocycles. The summed E-state index contributed by atoms with van der Waals surface area (Å²) < 4.78 is 0. The minimum absolute atomic E-state index is 0. The molecule has 0 aromatic heterocycles. The summed E-state index contributed by atoms with van der Waals surface area (Å²) in [6.07, 6.45) is 0. The second-order valence-corrected chi connectivity index (χ2v) is 3.26. The van der Waals surface area contributed by atoms with Gasteiger partial charge in [0.2, 0.25) is 0 Å². The Morgan fingerprint density at radius 3 is 1.25 bits per heavy atom. The second-order valence-electron chi connectivity index (χ2n) is 0.0540. The van der Waals surface area contributed by atoms with Crippen LogP contribution in [0.3, 0.4) is 0 Å².